The smallest absolute Gasteiger partial charge is 0.247 e. The van der Waals surface area contributed by atoms with Crippen LogP contribution in [0.15, 0.2) is 30.3 Å². The third kappa shape index (κ3) is 3.39. The van der Waals surface area contributed by atoms with Crippen LogP contribution >= 0.6 is 0 Å². The van der Waals surface area contributed by atoms with Crippen molar-refractivity contribution in [3.8, 4) is 0 Å². The van der Waals surface area contributed by atoms with E-state index in [4.69, 9.17) is 4.74 Å². The summed E-state index contributed by atoms with van der Waals surface area (Å²) in [5.41, 5.74) is 1.07. The summed E-state index contributed by atoms with van der Waals surface area (Å²) in [6, 6.07) is 9.11. The van der Waals surface area contributed by atoms with Crippen LogP contribution < -0.4 is 5.32 Å². The molecule has 2 heterocycles. The number of benzene rings is 1. The van der Waals surface area contributed by atoms with E-state index >= 15 is 0 Å². The molecule has 3 unspecified atom stereocenters. The molecular formula is C18H24N2O3. The summed E-state index contributed by atoms with van der Waals surface area (Å²) in [5.74, 6) is 0.312. The van der Waals surface area contributed by atoms with Crippen molar-refractivity contribution in [3.63, 3.8) is 0 Å². The van der Waals surface area contributed by atoms with E-state index in [2.05, 4.69) is 19.2 Å². The lowest BCUT2D eigenvalue weighted by molar-refractivity contribution is -0.160. The van der Waals surface area contributed by atoms with Crippen molar-refractivity contribution < 1.29 is 14.3 Å². The quantitative estimate of drug-likeness (QED) is 0.904. The minimum atomic E-state index is -0.417. The molecular weight excluding hydrogens is 292 g/mol. The van der Waals surface area contributed by atoms with Gasteiger partial charge < -0.3 is 15.0 Å². The first kappa shape index (κ1) is 16.0. The number of hydrogen-bond acceptors (Lipinski definition) is 3. The van der Waals surface area contributed by atoms with E-state index in [1.807, 2.05) is 30.3 Å². The Hall–Kier alpha value is -1.88. The Kier molecular flexibility index (Phi) is 4.66. The zero-order chi connectivity index (χ0) is 16.4. The summed E-state index contributed by atoms with van der Waals surface area (Å²) < 4.78 is 5.96. The number of nitrogens with one attached hydrogen (secondary N) is 1. The van der Waals surface area contributed by atoms with Crippen molar-refractivity contribution in [2.75, 3.05) is 0 Å². The Morgan fingerprint density at radius 1 is 1.22 bits per heavy atom. The minimum Gasteiger partial charge on any atom is -0.354 e. The van der Waals surface area contributed by atoms with Crippen molar-refractivity contribution in [2.24, 2.45) is 5.92 Å². The number of piperazine rings is 1. The topological polar surface area (TPSA) is 58.6 Å². The SMILES string of the molecule is CC(C)CC1NC(=O)C2CCC(OCc3ccccc3)N2C1=O. The summed E-state index contributed by atoms with van der Waals surface area (Å²) in [6.07, 6.45) is 1.75. The zero-order valence-corrected chi connectivity index (χ0v) is 13.7. The Balaban J connectivity index is 1.68. The van der Waals surface area contributed by atoms with Gasteiger partial charge in [-0.1, -0.05) is 44.2 Å². The van der Waals surface area contributed by atoms with Gasteiger partial charge >= 0.3 is 0 Å². The van der Waals surface area contributed by atoms with Crippen molar-refractivity contribution in [2.45, 2.75) is 58.0 Å². The maximum atomic E-state index is 12.7. The van der Waals surface area contributed by atoms with Gasteiger partial charge in [0.15, 0.2) is 0 Å². The molecule has 5 nitrogen and oxygen atoms in total. The van der Waals surface area contributed by atoms with E-state index in [0.29, 0.717) is 31.8 Å². The third-order valence-electron chi connectivity index (χ3n) is 4.50. The molecule has 2 aliphatic heterocycles. The molecule has 0 bridgehead atoms. The molecule has 0 saturated carbocycles. The number of carbonyl (C=O) groups excluding carboxylic acids is 2. The van der Waals surface area contributed by atoms with Crippen molar-refractivity contribution in [1.82, 2.24) is 10.2 Å². The summed E-state index contributed by atoms with van der Waals surface area (Å²) in [4.78, 5) is 26.7. The van der Waals surface area contributed by atoms with Crippen LogP contribution in [0.5, 0.6) is 0 Å². The summed E-state index contributed by atoms with van der Waals surface area (Å²) in [6.45, 7) is 4.57. The van der Waals surface area contributed by atoms with E-state index < -0.39 is 6.04 Å². The normalized spacial score (nSPS) is 27.3. The molecule has 2 aliphatic rings. The lowest BCUT2D eigenvalue weighted by atomic mass is 9.99. The van der Waals surface area contributed by atoms with Gasteiger partial charge in [-0.05, 0) is 30.7 Å². The van der Waals surface area contributed by atoms with E-state index in [9.17, 15) is 9.59 Å². The van der Waals surface area contributed by atoms with E-state index in [-0.39, 0.29) is 24.1 Å². The number of carbonyl (C=O) groups is 2. The molecule has 0 spiro atoms. The Bertz CT molecular complexity index is 573. The van der Waals surface area contributed by atoms with E-state index in [0.717, 1.165) is 5.56 Å². The van der Waals surface area contributed by atoms with E-state index in [1.54, 1.807) is 4.90 Å². The average Bonchev–Trinajstić information content (AvgIpc) is 2.95. The van der Waals surface area contributed by atoms with Gasteiger partial charge in [0.2, 0.25) is 11.8 Å². The summed E-state index contributed by atoms with van der Waals surface area (Å²) in [7, 11) is 0. The van der Waals surface area contributed by atoms with Gasteiger partial charge in [-0.3, -0.25) is 9.59 Å². The summed E-state index contributed by atoms with van der Waals surface area (Å²) >= 11 is 0. The molecule has 5 heteroatoms. The second-order valence-corrected chi connectivity index (χ2v) is 6.78. The van der Waals surface area contributed by atoms with Gasteiger partial charge in [0.1, 0.15) is 18.3 Å². The lowest BCUT2D eigenvalue weighted by Gasteiger charge is -2.38. The number of nitrogens with zero attached hydrogens (tertiary/aromatic N) is 1. The fraction of sp³-hybridized carbons (Fsp3) is 0.556. The second-order valence-electron chi connectivity index (χ2n) is 6.78. The molecule has 0 aliphatic carbocycles. The molecule has 2 fully saturated rings. The van der Waals surface area contributed by atoms with Crippen LogP contribution in [0.25, 0.3) is 0 Å². The Morgan fingerprint density at radius 3 is 2.65 bits per heavy atom. The largest absolute Gasteiger partial charge is 0.354 e. The van der Waals surface area contributed by atoms with Gasteiger partial charge in [0, 0.05) is 0 Å². The molecule has 124 valence electrons. The molecule has 1 N–H and O–H groups in total. The van der Waals surface area contributed by atoms with Crippen LogP contribution in [-0.4, -0.2) is 35.0 Å². The zero-order valence-electron chi connectivity index (χ0n) is 13.7. The number of amides is 2. The molecule has 0 aromatic heterocycles. The maximum absolute atomic E-state index is 12.7. The van der Waals surface area contributed by atoms with Crippen molar-refractivity contribution in [3.05, 3.63) is 35.9 Å². The molecule has 2 saturated heterocycles. The van der Waals surface area contributed by atoms with Gasteiger partial charge in [-0.15, -0.1) is 0 Å². The lowest BCUT2D eigenvalue weighted by Crippen LogP contribution is -2.63. The molecule has 3 rings (SSSR count). The third-order valence-corrected chi connectivity index (χ3v) is 4.50. The van der Waals surface area contributed by atoms with Crippen molar-refractivity contribution >= 4 is 11.8 Å². The highest BCUT2D eigenvalue weighted by molar-refractivity contribution is 5.97. The molecule has 1 aromatic rings. The molecule has 0 radical (unpaired) electrons. The fourth-order valence-electron chi connectivity index (χ4n) is 3.40. The highest BCUT2D eigenvalue weighted by Gasteiger charge is 2.48. The van der Waals surface area contributed by atoms with Gasteiger partial charge in [-0.25, -0.2) is 0 Å². The first-order chi connectivity index (χ1) is 11.1. The van der Waals surface area contributed by atoms with Crippen LogP contribution in [0.2, 0.25) is 0 Å². The number of rotatable bonds is 5. The number of ether oxygens (including phenoxy) is 1. The fourth-order valence-corrected chi connectivity index (χ4v) is 3.40. The second kappa shape index (κ2) is 6.71. The first-order valence-corrected chi connectivity index (χ1v) is 8.34. The Labute approximate surface area is 137 Å². The predicted molar refractivity (Wildman–Crippen MR) is 86.3 cm³/mol. The van der Waals surface area contributed by atoms with Crippen molar-refractivity contribution in [1.29, 1.82) is 0 Å². The predicted octanol–water partition coefficient (Wildman–Crippen LogP) is 2.06. The first-order valence-electron chi connectivity index (χ1n) is 8.34. The Morgan fingerprint density at radius 2 is 1.96 bits per heavy atom. The molecule has 23 heavy (non-hydrogen) atoms. The van der Waals surface area contributed by atoms with Crippen LogP contribution in [0, 0.1) is 5.92 Å². The standard InChI is InChI=1S/C18H24N2O3/c1-12(2)10-14-18(22)20-15(17(21)19-14)8-9-16(20)23-11-13-6-4-3-5-7-13/h3-7,12,14-16H,8-11H2,1-2H3,(H,19,21). The monoisotopic (exact) mass is 316 g/mol. The molecule has 3 atom stereocenters. The van der Waals surface area contributed by atoms with Gasteiger partial charge in [0.25, 0.3) is 0 Å². The minimum absolute atomic E-state index is 0.00105. The van der Waals surface area contributed by atoms with Crippen LogP contribution in [0.3, 0.4) is 0 Å². The highest BCUT2D eigenvalue weighted by atomic mass is 16.5. The molecule has 2 amide bonds. The summed E-state index contributed by atoms with van der Waals surface area (Å²) in [5, 5.41) is 2.88. The van der Waals surface area contributed by atoms with Gasteiger partial charge in [0.05, 0.1) is 6.61 Å². The van der Waals surface area contributed by atoms with Crippen LogP contribution in [0.4, 0.5) is 0 Å². The highest BCUT2D eigenvalue weighted by Crippen LogP contribution is 2.30. The van der Waals surface area contributed by atoms with Gasteiger partial charge in [-0.2, -0.15) is 0 Å². The number of fused-ring (bicyclic) bond motifs is 1. The molecule has 1 aromatic carbocycles. The average molecular weight is 316 g/mol. The van der Waals surface area contributed by atoms with Crippen LogP contribution in [-0.2, 0) is 20.9 Å². The van der Waals surface area contributed by atoms with Crippen LogP contribution in [0.1, 0.15) is 38.7 Å². The maximum Gasteiger partial charge on any atom is 0.247 e. The van der Waals surface area contributed by atoms with E-state index in [1.165, 1.54) is 0 Å². The number of hydrogen-bond donors (Lipinski definition) is 1.